The fourth-order valence-corrected chi connectivity index (χ4v) is 3.38. The number of ether oxygens (including phenoxy) is 1. The van der Waals surface area contributed by atoms with Gasteiger partial charge in [0.25, 0.3) is 11.8 Å². The number of rotatable bonds is 6. The number of carbonyl (C=O) groups excluding carboxylic acids is 3. The molecule has 0 fully saturated rings. The van der Waals surface area contributed by atoms with Crippen LogP contribution in [0.2, 0.25) is 0 Å². The lowest BCUT2D eigenvalue weighted by atomic mass is 10.2. The van der Waals surface area contributed by atoms with Crippen molar-refractivity contribution < 1.29 is 24.2 Å². The van der Waals surface area contributed by atoms with Gasteiger partial charge in [-0.2, -0.15) is 0 Å². The Labute approximate surface area is 186 Å². The van der Waals surface area contributed by atoms with E-state index in [9.17, 15) is 19.5 Å². The zero-order chi connectivity index (χ0) is 23.3. The van der Waals surface area contributed by atoms with Crippen LogP contribution in [-0.2, 0) is 14.4 Å². The number of aliphatic hydroxyl groups excluding tert-OH is 1. The Morgan fingerprint density at radius 1 is 1.03 bits per heavy atom. The molecule has 0 saturated heterocycles. The highest BCUT2D eigenvalue weighted by atomic mass is 16.5. The molecule has 0 aromatic heterocycles. The zero-order valence-corrected chi connectivity index (χ0v) is 18.1. The Hall–Kier alpha value is -4.07. The van der Waals surface area contributed by atoms with E-state index < -0.39 is 17.4 Å². The van der Waals surface area contributed by atoms with Crippen molar-refractivity contribution >= 4 is 29.1 Å². The molecule has 0 aliphatic carbocycles. The van der Waals surface area contributed by atoms with Gasteiger partial charge >= 0.3 is 0 Å². The summed E-state index contributed by atoms with van der Waals surface area (Å²) in [5.74, 6) is -1.14. The molecule has 32 heavy (non-hydrogen) atoms. The van der Waals surface area contributed by atoms with Crippen LogP contribution < -0.4 is 14.5 Å². The molecule has 8 heteroatoms. The second kappa shape index (κ2) is 9.82. The summed E-state index contributed by atoms with van der Waals surface area (Å²) in [6.07, 6.45) is 3.26. The van der Waals surface area contributed by atoms with Crippen LogP contribution in [0.1, 0.15) is 13.8 Å². The number of benzene rings is 2. The summed E-state index contributed by atoms with van der Waals surface area (Å²) in [5, 5.41) is 9.61. The lowest BCUT2D eigenvalue weighted by Gasteiger charge is -2.29. The Morgan fingerprint density at radius 3 is 2.25 bits per heavy atom. The second-order valence-corrected chi connectivity index (χ2v) is 7.34. The van der Waals surface area contributed by atoms with Crippen molar-refractivity contribution in [2.24, 2.45) is 0 Å². The van der Waals surface area contributed by atoms with Crippen molar-refractivity contribution in [3.8, 4) is 5.75 Å². The van der Waals surface area contributed by atoms with Gasteiger partial charge in [-0.05, 0) is 50.2 Å². The molecule has 8 nitrogen and oxygen atoms in total. The lowest BCUT2D eigenvalue weighted by Crippen LogP contribution is -2.44. The standard InChI is InChI=1S/C24H25N3O5/c1-17(2)27(19-9-11-20(32-3)12-10-19)22(29)15-25-13-14-26(18-7-5-4-6-8-18)24(31)21(16-28)23(25)30/h4-14,16-17,28H,15H2,1-3H3/b21-16+. The van der Waals surface area contributed by atoms with Crippen LogP contribution in [0.4, 0.5) is 11.4 Å². The van der Waals surface area contributed by atoms with Crippen LogP contribution in [0, 0.1) is 0 Å². The summed E-state index contributed by atoms with van der Waals surface area (Å²) in [6, 6.07) is 15.5. The van der Waals surface area contributed by atoms with E-state index in [0.29, 0.717) is 23.4 Å². The van der Waals surface area contributed by atoms with E-state index in [1.807, 2.05) is 13.8 Å². The first-order valence-electron chi connectivity index (χ1n) is 10.1. The number of hydrogen-bond acceptors (Lipinski definition) is 5. The smallest absolute Gasteiger partial charge is 0.271 e. The first kappa shape index (κ1) is 22.6. The molecule has 0 saturated carbocycles. The van der Waals surface area contributed by atoms with Gasteiger partial charge in [-0.15, -0.1) is 0 Å². The summed E-state index contributed by atoms with van der Waals surface area (Å²) in [6.45, 7) is 3.41. The van der Waals surface area contributed by atoms with Crippen LogP contribution in [0.3, 0.4) is 0 Å². The summed E-state index contributed by atoms with van der Waals surface area (Å²) in [5.41, 5.74) is 0.736. The van der Waals surface area contributed by atoms with E-state index in [-0.39, 0.29) is 18.5 Å². The first-order valence-corrected chi connectivity index (χ1v) is 10.1. The molecule has 2 aromatic rings. The number of aliphatic hydroxyl groups is 1. The summed E-state index contributed by atoms with van der Waals surface area (Å²) in [7, 11) is 1.56. The Bertz CT molecular complexity index is 1050. The number of nitrogens with zero attached hydrogens (tertiary/aromatic N) is 3. The highest BCUT2D eigenvalue weighted by Gasteiger charge is 2.32. The first-order chi connectivity index (χ1) is 15.4. The van der Waals surface area contributed by atoms with Gasteiger partial charge in [0.15, 0.2) is 0 Å². The third-order valence-corrected chi connectivity index (χ3v) is 4.94. The van der Waals surface area contributed by atoms with E-state index in [1.165, 1.54) is 17.3 Å². The van der Waals surface area contributed by atoms with Crippen molar-refractivity contribution in [1.82, 2.24) is 4.90 Å². The van der Waals surface area contributed by atoms with Crippen molar-refractivity contribution in [3.05, 3.63) is 78.8 Å². The molecular formula is C24H25N3O5. The van der Waals surface area contributed by atoms with E-state index in [2.05, 4.69) is 0 Å². The monoisotopic (exact) mass is 435 g/mol. The molecule has 1 heterocycles. The van der Waals surface area contributed by atoms with Gasteiger partial charge < -0.3 is 19.6 Å². The normalized spacial score (nSPS) is 15.3. The van der Waals surface area contributed by atoms with Gasteiger partial charge in [0, 0.05) is 29.8 Å². The van der Waals surface area contributed by atoms with E-state index >= 15 is 0 Å². The van der Waals surface area contributed by atoms with Crippen LogP contribution in [-0.4, -0.2) is 47.4 Å². The molecule has 1 N–H and O–H groups in total. The molecule has 166 valence electrons. The van der Waals surface area contributed by atoms with Gasteiger partial charge in [0.05, 0.1) is 13.4 Å². The fraction of sp³-hybridized carbons (Fsp3) is 0.208. The van der Waals surface area contributed by atoms with Gasteiger partial charge in [-0.3, -0.25) is 19.3 Å². The number of hydrogen-bond donors (Lipinski definition) is 1. The van der Waals surface area contributed by atoms with E-state index in [4.69, 9.17) is 4.74 Å². The molecule has 2 aromatic carbocycles. The predicted octanol–water partition coefficient (Wildman–Crippen LogP) is 3.23. The molecule has 0 spiro atoms. The molecule has 0 atom stereocenters. The number of amides is 3. The van der Waals surface area contributed by atoms with Crippen molar-refractivity contribution in [1.29, 1.82) is 0 Å². The quantitative estimate of drug-likeness (QED) is 0.427. The maximum absolute atomic E-state index is 13.2. The summed E-state index contributed by atoms with van der Waals surface area (Å²) >= 11 is 0. The molecule has 1 aliphatic heterocycles. The van der Waals surface area contributed by atoms with Gasteiger partial charge in [-0.25, -0.2) is 0 Å². The summed E-state index contributed by atoms with van der Waals surface area (Å²) < 4.78 is 5.17. The highest BCUT2D eigenvalue weighted by molar-refractivity contribution is 6.25. The molecule has 3 amide bonds. The number of carbonyl (C=O) groups is 3. The second-order valence-electron chi connectivity index (χ2n) is 7.34. The zero-order valence-electron chi connectivity index (χ0n) is 18.1. The Balaban J connectivity index is 1.89. The molecule has 1 aliphatic rings. The topological polar surface area (TPSA) is 90.4 Å². The molecule has 0 bridgehead atoms. The average molecular weight is 435 g/mol. The minimum Gasteiger partial charge on any atom is -0.515 e. The van der Waals surface area contributed by atoms with E-state index in [1.54, 1.807) is 66.6 Å². The number of anilines is 2. The van der Waals surface area contributed by atoms with Gasteiger partial charge in [-0.1, -0.05) is 18.2 Å². The SMILES string of the molecule is COc1ccc(N(C(=O)CN2C=CN(c3ccccc3)C(=O)/C(=C/O)C2=O)C(C)C)cc1. The minimum atomic E-state index is -0.765. The average Bonchev–Trinajstić information content (AvgIpc) is 2.90. The Morgan fingerprint density at radius 2 is 1.69 bits per heavy atom. The maximum atomic E-state index is 13.2. The molecular weight excluding hydrogens is 410 g/mol. The largest absolute Gasteiger partial charge is 0.515 e. The highest BCUT2D eigenvalue weighted by Crippen LogP contribution is 2.24. The fourth-order valence-electron chi connectivity index (χ4n) is 3.38. The maximum Gasteiger partial charge on any atom is 0.271 e. The van der Waals surface area contributed by atoms with Crippen LogP contribution in [0.5, 0.6) is 5.75 Å². The summed E-state index contributed by atoms with van der Waals surface area (Å²) in [4.78, 5) is 42.9. The number of methoxy groups -OCH3 is 1. The van der Waals surface area contributed by atoms with Crippen LogP contribution in [0.15, 0.2) is 78.8 Å². The van der Waals surface area contributed by atoms with Crippen molar-refractivity contribution in [2.45, 2.75) is 19.9 Å². The van der Waals surface area contributed by atoms with Crippen molar-refractivity contribution in [2.75, 3.05) is 23.5 Å². The number of para-hydroxylation sites is 1. The van der Waals surface area contributed by atoms with Crippen LogP contribution >= 0.6 is 0 Å². The molecule has 0 unspecified atom stereocenters. The predicted molar refractivity (Wildman–Crippen MR) is 121 cm³/mol. The third-order valence-electron chi connectivity index (χ3n) is 4.94. The minimum absolute atomic E-state index is 0.183. The molecule has 3 rings (SSSR count). The van der Waals surface area contributed by atoms with Gasteiger partial charge in [0.1, 0.15) is 17.9 Å². The Kier molecular flexibility index (Phi) is 6.94. The van der Waals surface area contributed by atoms with E-state index in [0.717, 1.165) is 4.90 Å². The lowest BCUT2D eigenvalue weighted by molar-refractivity contribution is -0.131. The third kappa shape index (κ3) is 4.64. The van der Waals surface area contributed by atoms with Gasteiger partial charge in [0.2, 0.25) is 5.91 Å². The van der Waals surface area contributed by atoms with Crippen molar-refractivity contribution in [3.63, 3.8) is 0 Å². The van der Waals surface area contributed by atoms with Crippen LogP contribution in [0.25, 0.3) is 0 Å². The molecule has 0 radical (unpaired) electrons.